The average molecular weight is 415 g/mol. The van der Waals surface area contributed by atoms with E-state index in [0.717, 1.165) is 6.07 Å². The fourth-order valence-corrected chi connectivity index (χ4v) is 3.05. The molecule has 0 aliphatic carbocycles. The Balaban J connectivity index is 0.00000280. The third-order valence-corrected chi connectivity index (χ3v) is 4.53. The Labute approximate surface area is 166 Å². The van der Waals surface area contributed by atoms with Gasteiger partial charge in [0.05, 0.1) is 30.4 Å². The highest BCUT2D eigenvalue weighted by atomic mass is 35.5. The van der Waals surface area contributed by atoms with Crippen molar-refractivity contribution >= 4 is 24.2 Å². The molecule has 1 aliphatic rings. The topological polar surface area (TPSA) is 92.2 Å². The molecule has 28 heavy (non-hydrogen) atoms. The van der Waals surface area contributed by atoms with Gasteiger partial charge in [-0.3, -0.25) is 9.59 Å². The van der Waals surface area contributed by atoms with Crippen LogP contribution in [-0.2, 0) is 11.3 Å². The normalized spacial score (nSPS) is 18.4. The van der Waals surface area contributed by atoms with Gasteiger partial charge in [0.15, 0.2) is 11.6 Å². The van der Waals surface area contributed by atoms with Crippen molar-refractivity contribution in [3.05, 3.63) is 47.3 Å². The van der Waals surface area contributed by atoms with Crippen LogP contribution in [0.25, 0.3) is 0 Å². The lowest BCUT2D eigenvalue weighted by atomic mass is 10.1. The third kappa shape index (κ3) is 4.45. The molecule has 8 nitrogen and oxygen atoms in total. The van der Waals surface area contributed by atoms with Crippen LogP contribution < -0.4 is 10.6 Å². The first-order chi connectivity index (χ1) is 12.9. The van der Waals surface area contributed by atoms with Crippen molar-refractivity contribution in [1.29, 1.82) is 0 Å². The molecule has 2 atom stereocenters. The van der Waals surface area contributed by atoms with Crippen LogP contribution in [0.4, 0.5) is 8.78 Å². The number of likely N-dealkylation sites (N-methyl/N-ethyl adjacent to an activating group) is 1. The number of benzene rings is 1. The van der Waals surface area contributed by atoms with E-state index in [1.54, 1.807) is 17.9 Å². The Morgan fingerprint density at radius 3 is 2.86 bits per heavy atom. The number of carbonyl (C=O) groups is 2. The highest BCUT2D eigenvalue weighted by Gasteiger charge is 2.30. The number of rotatable bonds is 5. The number of halogens is 3. The van der Waals surface area contributed by atoms with E-state index in [1.807, 2.05) is 0 Å². The predicted molar refractivity (Wildman–Crippen MR) is 98.9 cm³/mol. The summed E-state index contributed by atoms with van der Waals surface area (Å²) in [5, 5.41) is 13.8. The van der Waals surface area contributed by atoms with E-state index in [1.165, 1.54) is 24.1 Å². The maximum Gasteiger partial charge on any atom is 0.257 e. The number of carbonyl (C=O) groups excluding carboxylic acids is 2. The van der Waals surface area contributed by atoms with Gasteiger partial charge in [-0.2, -0.15) is 0 Å². The van der Waals surface area contributed by atoms with Gasteiger partial charge in [0.2, 0.25) is 5.91 Å². The van der Waals surface area contributed by atoms with Crippen LogP contribution in [0, 0.1) is 11.6 Å². The standard InChI is InChI=1S/C17H20F2N6O2.ClH/c1-20-16(26)14-6-11(7-21-14)25-9-10(22-23-25)8-24(2)17(27)12-4-3-5-13(18)15(12)19;/h3-5,9,11,14,21H,6-8H2,1-2H3,(H,20,26);1H/t11-,14+;/m1./s1. The molecule has 1 aliphatic heterocycles. The van der Waals surface area contributed by atoms with Gasteiger partial charge in [0.25, 0.3) is 5.91 Å². The Kier molecular flexibility index (Phi) is 7.03. The van der Waals surface area contributed by atoms with Crippen molar-refractivity contribution in [2.24, 2.45) is 0 Å². The zero-order chi connectivity index (χ0) is 19.6. The van der Waals surface area contributed by atoms with E-state index in [9.17, 15) is 18.4 Å². The van der Waals surface area contributed by atoms with Crippen LogP contribution in [-0.4, -0.2) is 58.4 Å². The summed E-state index contributed by atoms with van der Waals surface area (Å²) in [5.74, 6) is -2.97. The number of hydrogen-bond donors (Lipinski definition) is 2. The SMILES string of the molecule is CNC(=O)[C@@H]1C[C@@H](n2cc(CN(C)C(=O)c3cccc(F)c3F)nn2)CN1.Cl. The molecule has 0 spiro atoms. The molecule has 2 N–H and O–H groups in total. The van der Waals surface area contributed by atoms with Crippen LogP contribution in [0.15, 0.2) is 24.4 Å². The molecule has 2 amide bonds. The van der Waals surface area contributed by atoms with Gasteiger partial charge in [0, 0.05) is 20.6 Å². The van der Waals surface area contributed by atoms with Crippen LogP contribution in [0.5, 0.6) is 0 Å². The minimum atomic E-state index is -1.17. The van der Waals surface area contributed by atoms with E-state index >= 15 is 0 Å². The summed E-state index contributed by atoms with van der Waals surface area (Å²) in [4.78, 5) is 25.3. The molecule has 0 radical (unpaired) electrons. The number of nitrogens with one attached hydrogen (secondary N) is 2. The summed E-state index contributed by atoms with van der Waals surface area (Å²) >= 11 is 0. The number of amides is 2. The van der Waals surface area contributed by atoms with E-state index in [2.05, 4.69) is 20.9 Å². The molecule has 1 fully saturated rings. The van der Waals surface area contributed by atoms with E-state index in [0.29, 0.717) is 18.7 Å². The Bertz CT molecular complexity index is 862. The van der Waals surface area contributed by atoms with Gasteiger partial charge < -0.3 is 15.5 Å². The maximum absolute atomic E-state index is 13.8. The van der Waals surface area contributed by atoms with Gasteiger partial charge in [0.1, 0.15) is 5.69 Å². The summed E-state index contributed by atoms with van der Waals surface area (Å²) in [7, 11) is 3.06. The second kappa shape index (κ2) is 9.07. The third-order valence-electron chi connectivity index (χ3n) is 4.53. The Morgan fingerprint density at radius 1 is 1.39 bits per heavy atom. The van der Waals surface area contributed by atoms with Crippen molar-refractivity contribution < 1.29 is 18.4 Å². The number of nitrogens with zero attached hydrogens (tertiary/aromatic N) is 4. The largest absolute Gasteiger partial charge is 0.358 e. The van der Waals surface area contributed by atoms with Crippen molar-refractivity contribution in [1.82, 2.24) is 30.5 Å². The van der Waals surface area contributed by atoms with E-state index in [4.69, 9.17) is 0 Å². The first kappa shape index (κ1) is 21.7. The summed E-state index contributed by atoms with van der Waals surface area (Å²) < 4.78 is 28.8. The molecule has 152 valence electrons. The Hall–Kier alpha value is -2.59. The molecule has 3 rings (SSSR count). The van der Waals surface area contributed by atoms with Crippen molar-refractivity contribution in [2.75, 3.05) is 20.6 Å². The molecular formula is C17H21ClF2N6O2. The molecule has 0 bridgehead atoms. The summed E-state index contributed by atoms with van der Waals surface area (Å²) in [6.45, 7) is 0.665. The minimum absolute atomic E-state index is 0. The quantitative estimate of drug-likeness (QED) is 0.758. The molecule has 2 aromatic rings. The molecule has 2 heterocycles. The van der Waals surface area contributed by atoms with E-state index in [-0.39, 0.29) is 42.5 Å². The maximum atomic E-state index is 13.8. The first-order valence-electron chi connectivity index (χ1n) is 8.46. The van der Waals surface area contributed by atoms with Gasteiger partial charge in [-0.1, -0.05) is 11.3 Å². The molecular weight excluding hydrogens is 394 g/mol. The summed E-state index contributed by atoms with van der Waals surface area (Å²) in [6, 6.07) is 3.16. The smallest absolute Gasteiger partial charge is 0.257 e. The molecule has 11 heteroatoms. The zero-order valence-electron chi connectivity index (χ0n) is 15.4. The predicted octanol–water partition coefficient (Wildman–Crippen LogP) is 0.899. The molecule has 0 saturated carbocycles. The van der Waals surface area contributed by atoms with Gasteiger partial charge in [-0.25, -0.2) is 13.5 Å². The highest BCUT2D eigenvalue weighted by Crippen LogP contribution is 2.19. The van der Waals surface area contributed by atoms with Crippen molar-refractivity contribution in [2.45, 2.75) is 25.0 Å². The number of hydrogen-bond acceptors (Lipinski definition) is 5. The van der Waals surface area contributed by atoms with Crippen LogP contribution >= 0.6 is 12.4 Å². The lowest BCUT2D eigenvalue weighted by Gasteiger charge is -2.16. The molecule has 1 aromatic carbocycles. The average Bonchev–Trinajstić information content (AvgIpc) is 3.32. The van der Waals surface area contributed by atoms with Crippen LogP contribution in [0.3, 0.4) is 0 Å². The van der Waals surface area contributed by atoms with E-state index < -0.39 is 17.5 Å². The Morgan fingerprint density at radius 2 is 2.14 bits per heavy atom. The summed E-state index contributed by atoms with van der Waals surface area (Å²) in [5.41, 5.74) is 0.171. The van der Waals surface area contributed by atoms with Gasteiger partial charge in [-0.15, -0.1) is 17.5 Å². The van der Waals surface area contributed by atoms with Crippen LogP contribution in [0.1, 0.15) is 28.5 Å². The molecule has 0 unspecified atom stereocenters. The fourth-order valence-electron chi connectivity index (χ4n) is 3.05. The second-order valence-electron chi connectivity index (χ2n) is 6.42. The first-order valence-corrected chi connectivity index (χ1v) is 8.46. The number of aromatic nitrogens is 3. The fraction of sp³-hybridized carbons (Fsp3) is 0.412. The summed E-state index contributed by atoms with van der Waals surface area (Å²) in [6.07, 6.45) is 2.26. The van der Waals surface area contributed by atoms with Crippen LogP contribution in [0.2, 0.25) is 0 Å². The van der Waals surface area contributed by atoms with Crippen molar-refractivity contribution in [3.63, 3.8) is 0 Å². The highest BCUT2D eigenvalue weighted by molar-refractivity contribution is 5.94. The molecule has 1 aromatic heterocycles. The zero-order valence-corrected chi connectivity index (χ0v) is 16.2. The molecule has 1 saturated heterocycles. The minimum Gasteiger partial charge on any atom is -0.358 e. The lowest BCUT2D eigenvalue weighted by molar-refractivity contribution is -0.122. The lowest BCUT2D eigenvalue weighted by Crippen LogP contribution is -2.38. The van der Waals surface area contributed by atoms with Gasteiger partial charge in [-0.05, 0) is 18.6 Å². The second-order valence-corrected chi connectivity index (χ2v) is 6.42. The van der Waals surface area contributed by atoms with Gasteiger partial charge >= 0.3 is 0 Å². The van der Waals surface area contributed by atoms with Crippen molar-refractivity contribution in [3.8, 4) is 0 Å². The monoisotopic (exact) mass is 414 g/mol.